The van der Waals surface area contributed by atoms with Gasteiger partial charge in [-0.05, 0) is 12.1 Å². The summed E-state index contributed by atoms with van der Waals surface area (Å²) in [5, 5.41) is 15.4. The third-order valence-electron chi connectivity index (χ3n) is 1.15. The topological polar surface area (TPSA) is 61.1 Å². The number of carbonyl (C=O) groups is 1. The van der Waals surface area contributed by atoms with Crippen LogP contribution in [0.5, 0.6) is 0 Å². The van der Waals surface area contributed by atoms with E-state index in [0.29, 0.717) is 11.1 Å². The Labute approximate surface area is 70.9 Å². The van der Waals surface area contributed by atoms with Crippen molar-refractivity contribution < 1.29 is 9.90 Å². The fourth-order valence-electron chi connectivity index (χ4n) is 0.682. The first-order valence-electron chi connectivity index (χ1n) is 3.27. The van der Waals surface area contributed by atoms with Gasteiger partial charge in [0, 0.05) is 12.7 Å². The van der Waals surface area contributed by atoms with Crippen molar-refractivity contribution in [2.45, 2.75) is 0 Å². The van der Waals surface area contributed by atoms with Crippen molar-refractivity contribution >= 4 is 6.29 Å². The van der Waals surface area contributed by atoms with Crippen LogP contribution in [0.15, 0.2) is 24.3 Å². The molecule has 1 aromatic carbocycles. The lowest BCUT2D eigenvalue weighted by atomic mass is 10.2. The van der Waals surface area contributed by atoms with E-state index in [1.807, 2.05) is 6.07 Å². The Bertz CT molecular complexity index is 289. The number of nitriles is 1. The summed E-state index contributed by atoms with van der Waals surface area (Å²) in [5.74, 6) is 0. The van der Waals surface area contributed by atoms with Crippen molar-refractivity contribution in [1.29, 1.82) is 5.26 Å². The Hall–Kier alpha value is -1.66. The van der Waals surface area contributed by atoms with Crippen LogP contribution in [0.2, 0.25) is 0 Å². The second-order valence-corrected chi connectivity index (χ2v) is 1.86. The first-order chi connectivity index (χ1) is 5.86. The van der Waals surface area contributed by atoms with Crippen molar-refractivity contribution in [3.8, 4) is 6.07 Å². The molecule has 1 aromatic rings. The maximum absolute atomic E-state index is 10.2. The van der Waals surface area contributed by atoms with Crippen LogP contribution in [0.1, 0.15) is 15.9 Å². The zero-order valence-corrected chi connectivity index (χ0v) is 6.69. The quantitative estimate of drug-likeness (QED) is 0.628. The first-order valence-corrected chi connectivity index (χ1v) is 3.27. The molecule has 0 radical (unpaired) electrons. The zero-order chi connectivity index (χ0) is 9.40. The second kappa shape index (κ2) is 6.08. The largest absolute Gasteiger partial charge is 0.400 e. The first kappa shape index (κ1) is 10.3. The Kier molecular flexibility index (Phi) is 5.24. The summed E-state index contributed by atoms with van der Waals surface area (Å²) in [6, 6.07) is 8.49. The number of aliphatic hydroxyl groups is 1. The van der Waals surface area contributed by atoms with Crippen LogP contribution in [-0.2, 0) is 0 Å². The average molecular weight is 163 g/mol. The van der Waals surface area contributed by atoms with Crippen LogP contribution in [0.3, 0.4) is 0 Å². The zero-order valence-electron chi connectivity index (χ0n) is 6.69. The van der Waals surface area contributed by atoms with Crippen LogP contribution in [0.4, 0.5) is 0 Å². The van der Waals surface area contributed by atoms with E-state index in [9.17, 15) is 4.79 Å². The fourth-order valence-corrected chi connectivity index (χ4v) is 0.682. The molecule has 0 saturated carbocycles. The van der Waals surface area contributed by atoms with Gasteiger partial charge < -0.3 is 5.11 Å². The van der Waals surface area contributed by atoms with Crippen molar-refractivity contribution in [3.63, 3.8) is 0 Å². The number of benzene rings is 1. The minimum absolute atomic E-state index is 0.518. The van der Waals surface area contributed by atoms with E-state index in [-0.39, 0.29) is 0 Å². The summed E-state index contributed by atoms with van der Waals surface area (Å²) in [4.78, 5) is 10.2. The Morgan fingerprint density at radius 1 is 1.50 bits per heavy atom. The molecule has 3 heteroatoms. The predicted molar refractivity (Wildman–Crippen MR) is 44.7 cm³/mol. The third kappa shape index (κ3) is 2.95. The molecule has 0 bridgehead atoms. The lowest BCUT2D eigenvalue weighted by molar-refractivity contribution is 0.112. The van der Waals surface area contributed by atoms with E-state index < -0.39 is 0 Å². The number of nitrogens with zero attached hydrogens (tertiary/aromatic N) is 1. The summed E-state index contributed by atoms with van der Waals surface area (Å²) in [6.07, 6.45) is 0.723. The smallest absolute Gasteiger partial charge is 0.150 e. The Morgan fingerprint density at radius 3 is 2.67 bits per heavy atom. The normalized spacial score (nSPS) is 7.42. The molecule has 0 aromatic heterocycles. The van der Waals surface area contributed by atoms with Crippen LogP contribution in [0, 0.1) is 11.3 Å². The van der Waals surface area contributed by atoms with Crippen molar-refractivity contribution in [3.05, 3.63) is 35.4 Å². The van der Waals surface area contributed by atoms with Gasteiger partial charge in [0.2, 0.25) is 0 Å². The number of rotatable bonds is 1. The summed E-state index contributed by atoms with van der Waals surface area (Å²) < 4.78 is 0. The molecule has 0 aliphatic heterocycles. The van der Waals surface area contributed by atoms with E-state index in [1.165, 1.54) is 0 Å². The van der Waals surface area contributed by atoms with Crippen LogP contribution < -0.4 is 0 Å². The highest BCUT2D eigenvalue weighted by molar-refractivity contribution is 5.75. The highest BCUT2D eigenvalue weighted by Gasteiger charge is 1.90. The molecular weight excluding hydrogens is 154 g/mol. The van der Waals surface area contributed by atoms with Gasteiger partial charge in [-0.2, -0.15) is 5.26 Å². The lowest BCUT2D eigenvalue weighted by Gasteiger charge is -1.87. The number of hydrogen-bond acceptors (Lipinski definition) is 3. The van der Waals surface area contributed by atoms with E-state index in [2.05, 4.69) is 0 Å². The SMILES string of the molecule is CO.N#Cc1cccc(C=O)c1. The van der Waals surface area contributed by atoms with E-state index in [1.54, 1.807) is 24.3 Å². The highest BCUT2D eigenvalue weighted by atomic mass is 16.2. The second-order valence-electron chi connectivity index (χ2n) is 1.86. The highest BCUT2D eigenvalue weighted by Crippen LogP contribution is 2.00. The van der Waals surface area contributed by atoms with Gasteiger partial charge in [0.25, 0.3) is 0 Å². The molecule has 0 aliphatic rings. The maximum atomic E-state index is 10.2. The average Bonchev–Trinajstić information content (AvgIpc) is 2.21. The molecule has 0 heterocycles. The molecule has 0 saturated heterocycles. The standard InChI is InChI=1S/C8H5NO.CH4O/c9-5-7-2-1-3-8(4-7)6-10;1-2/h1-4,6H;2H,1H3. The monoisotopic (exact) mass is 163 g/mol. The minimum Gasteiger partial charge on any atom is -0.400 e. The maximum Gasteiger partial charge on any atom is 0.150 e. The summed E-state index contributed by atoms with van der Waals surface area (Å²) >= 11 is 0. The number of carbonyl (C=O) groups excluding carboxylic acids is 1. The number of aliphatic hydroxyl groups excluding tert-OH is 1. The molecule has 0 fully saturated rings. The van der Waals surface area contributed by atoms with Crippen LogP contribution in [-0.4, -0.2) is 18.5 Å². The molecule has 0 spiro atoms. The summed E-state index contributed by atoms with van der Waals surface area (Å²) in [7, 11) is 1.00. The van der Waals surface area contributed by atoms with E-state index >= 15 is 0 Å². The molecule has 3 nitrogen and oxygen atoms in total. The van der Waals surface area contributed by atoms with Crippen molar-refractivity contribution in [2.75, 3.05) is 7.11 Å². The van der Waals surface area contributed by atoms with Gasteiger partial charge in [-0.15, -0.1) is 0 Å². The van der Waals surface area contributed by atoms with Crippen molar-refractivity contribution in [2.24, 2.45) is 0 Å². The van der Waals surface area contributed by atoms with Gasteiger partial charge in [0.1, 0.15) is 6.29 Å². The predicted octanol–water partition coefficient (Wildman–Crippen LogP) is 0.979. The molecule has 0 unspecified atom stereocenters. The molecule has 0 atom stereocenters. The molecule has 1 N–H and O–H groups in total. The lowest BCUT2D eigenvalue weighted by Crippen LogP contribution is -1.79. The van der Waals surface area contributed by atoms with Crippen molar-refractivity contribution in [1.82, 2.24) is 0 Å². The molecule has 0 amide bonds. The minimum atomic E-state index is 0.518. The van der Waals surface area contributed by atoms with E-state index in [4.69, 9.17) is 10.4 Å². The molecule has 62 valence electrons. The van der Waals surface area contributed by atoms with Gasteiger partial charge in [0.15, 0.2) is 0 Å². The molecule has 0 aliphatic carbocycles. The van der Waals surface area contributed by atoms with Crippen LogP contribution >= 0.6 is 0 Å². The molecule has 1 rings (SSSR count). The van der Waals surface area contributed by atoms with E-state index in [0.717, 1.165) is 13.4 Å². The number of aldehydes is 1. The van der Waals surface area contributed by atoms with Gasteiger partial charge >= 0.3 is 0 Å². The summed E-state index contributed by atoms with van der Waals surface area (Å²) in [6.45, 7) is 0. The number of hydrogen-bond donors (Lipinski definition) is 1. The third-order valence-corrected chi connectivity index (χ3v) is 1.15. The van der Waals surface area contributed by atoms with Gasteiger partial charge in [-0.3, -0.25) is 4.79 Å². The van der Waals surface area contributed by atoms with Gasteiger partial charge in [-0.25, -0.2) is 0 Å². The van der Waals surface area contributed by atoms with Crippen LogP contribution in [0.25, 0.3) is 0 Å². The van der Waals surface area contributed by atoms with Gasteiger partial charge in [0.05, 0.1) is 11.6 Å². The molecular formula is C9H9NO2. The fraction of sp³-hybridized carbons (Fsp3) is 0.111. The molecule has 12 heavy (non-hydrogen) atoms. The summed E-state index contributed by atoms with van der Waals surface area (Å²) in [5.41, 5.74) is 1.06. The Morgan fingerprint density at radius 2 is 2.17 bits per heavy atom. The Balaban J connectivity index is 0.000000561. The van der Waals surface area contributed by atoms with Gasteiger partial charge in [-0.1, -0.05) is 12.1 Å².